The first-order chi connectivity index (χ1) is 16.6. The topological polar surface area (TPSA) is 79.4 Å². The number of anilines is 2. The molecule has 2 aliphatic heterocycles. The average molecular weight is 456 g/mol. The van der Waals surface area contributed by atoms with Crippen LogP contribution < -0.4 is 15.4 Å². The molecule has 0 saturated carbocycles. The molecule has 1 atom stereocenters. The molecule has 0 aliphatic carbocycles. The van der Waals surface area contributed by atoms with Crippen molar-refractivity contribution >= 4 is 23.9 Å². The number of nitrogens with one attached hydrogen (secondary N) is 2. The number of methoxy groups -OCH3 is 1. The molecule has 34 heavy (non-hydrogen) atoms. The van der Waals surface area contributed by atoms with Gasteiger partial charge in [-0.3, -0.25) is 0 Å². The molecule has 2 N–H and O–H groups in total. The Balaban J connectivity index is 1.47. The van der Waals surface area contributed by atoms with Crippen molar-refractivity contribution in [2.24, 2.45) is 0 Å². The maximum absolute atomic E-state index is 11.8. The molecule has 1 unspecified atom stereocenters. The van der Waals surface area contributed by atoms with Gasteiger partial charge < -0.3 is 25.1 Å². The van der Waals surface area contributed by atoms with Crippen LogP contribution in [0.2, 0.25) is 0 Å². The Hall–Kier alpha value is -3.71. The minimum atomic E-state index is -0.462. The molecule has 3 aromatic rings. The van der Waals surface area contributed by atoms with E-state index in [-0.39, 0.29) is 0 Å². The number of carbonyl (C=O) groups is 1. The lowest BCUT2D eigenvalue weighted by atomic mass is 9.89. The highest BCUT2D eigenvalue weighted by molar-refractivity contribution is 5.80. The third kappa shape index (κ3) is 4.52. The van der Waals surface area contributed by atoms with E-state index in [2.05, 4.69) is 51.8 Å². The number of rotatable bonds is 6. The quantitative estimate of drug-likeness (QED) is 0.529. The second-order valence-electron chi connectivity index (χ2n) is 8.89. The van der Waals surface area contributed by atoms with Crippen LogP contribution >= 0.6 is 0 Å². The number of benzene rings is 1. The molecule has 174 valence electrons. The number of nitrogens with zero attached hydrogens (tertiary/aromatic N) is 3. The van der Waals surface area contributed by atoms with E-state index in [0.717, 1.165) is 47.4 Å². The maximum Gasteiger partial charge on any atom is 0.212 e. The number of aldehydes is 1. The fourth-order valence-electron chi connectivity index (χ4n) is 4.68. The number of fused-ring (bicyclic) bond motifs is 1. The van der Waals surface area contributed by atoms with E-state index >= 15 is 0 Å². The van der Waals surface area contributed by atoms with Crippen LogP contribution in [0.5, 0.6) is 5.88 Å². The summed E-state index contributed by atoms with van der Waals surface area (Å²) in [6.45, 7) is 2.28. The molecule has 0 amide bonds. The standard InChI is InChI=1S/C27H29N5O2/c1-32-13-10-19(11-14-32)18-3-6-22(7-4-18)30-27-26-20(9-12-28-24(26)17-33)15-23(31-27)21-5-8-25(34-2)29-16-21/h3-9,12,15-17,19,24,28H,10-11,13-14H2,1-2H3,(H,30,31). The third-order valence-electron chi connectivity index (χ3n) is 6.68. The lowest BCUT2D eigenvalue weighted by Gasteiger charge is -2.29. The lowest BCUT2D eigenvalue weighted by Crippen LogP contribution is -2.29. The molecule has 2 aliphatic rings. The minimum absolute atomic E-state index is 0.462. The normalized spacial score (nSPS) is 18.1. The summed E-state index contributed by atoms with van der Waals surface area (Å²) in [6, 6.07) is 13.9. The highest BCUT2D eigenvalue weighted by Crippen LogP contribution is 2.35. The molecule has 1 aromatic carbocycles. The van der Waals surface area contributed by atoms with Crippen molar-refractivity contribution in [3.05, 3.63) is 71.6 Å². The number of ether oxygens (including phenoxy) is 1. The van der Waals surface area contributed by atoms with Gasteiger partial charge in [-0.15, -0.1) is 0 Å². The predicted molar refractivity (Wildman–Crippen MR) is 134 cm³/mol. The van der Waals surface area contributed by atoms with Crippen molar-refractivity contribution in [3.8, 4) is 17.1 Å². The molecule has 5 rings (SSSR count). The van der Waals surface area contributed by atoms with Gasteiger partial charge in [0.1, 0.15) is 18.1 Å². The first-order valence-corrected chi connectivity index (χ1v) is 11.6. The molecule has 0 radical (unpaired) electrons. The zero-order chi connectivity index (χ0) is 23.5. The predicted octanol–water partition coefficient (Wildman–Crippen LogP) is 4.52. The van der Waals surface area contributed by atoms with Crippen molar-refractivity contribution in [2.75, 3.05) is 32.6 Å². The van der Waals surface area contributed by atoms with E-state index < -0.39 is 6.04 Å². The summed E-state index contributed by atoms with van der Waals surface area (Å²) in [4.78, 5) is 23.4. The number of piperidine rings is 1. The number of pyridine rings is 2. The largest absolute Gasteiger partial charge is 0.481 e. The third-order valence-corrected chi connectivity index (χ3v) is 6.68. The van der Waals surface area contributed by atoms with Gasteiger partial charge in [0.15, 0.2) is 0 Å². The Morgan fingerprint density at radius 3 is 2.62 bits per heavy atom. The van der Waals surface area contributed by atoms with Gasteiger partial charge in [0.25, 0.3) is 0 Å². The van der Waals surface area contributed by atoms with E-state index in [1.807, 2.05) is 24.3 Å². The Morgan fingerprint density at radius 1 is 1.15 bits per heavy atom. The van der Waals surface area contributed by atoms with Gasteiger partial charge in [-0.1, -0.05) is 12.1 Å². The molecule has 0 bridgehead atoms. The monoisotopic (exact) mass is 455 g/mol. The Morgan fingerprint density at radius 2 is 1.94 bits per heavy atom. The summed E-state index contributed by atoms with van der Waals surface area (Å²) in [7, 11) is 3.78. The SMILES string of the molecule is COc1ccc(-c2cc3c(c(Nc4ccc(C5CCN(C)CC5)cc4)n2)C(C=O)NC=C3)cn1. The molecular weight excluding hydrogens is 426 g/mol. The second kappa shape index (κ2) is 9.65. The second-order valence-corrected chi connectivity index (χ2v) is 8.89. The van der Waals surface area contributed by atoms with Gasteiger partial charge in [0, 0.05) is 29.1 Å². The molecule has 1 fully saturated rings. The number of likely N-dealkylation sites (tertiary alicyclic amines) is 1. The summed E-state index contributed by atoms with van der Waals surface area (Å²) < 4.78 is 5.18. The van der Waals surface area contributed by atoms with Crippen LogP contribution in [0.3, 0.4) is 0 Å². The summed E-state index contributed by atoms with van der Waals surface area (Å²) >= 11 is 0. The number of hydrogen-bond acceptors (Lipinski definition) is 7. The lowest BCUT2D eigenvalue weighted by molar-refractivity contribution is -0.109. The number of carbonyl (C=O) groups excluding carboxylic acids is 1. The van der Waals surface area contributed by atoms with E-state index in [0.29, 0.717) is 17.6 Å². The van der Waals surface area contributed by atoms with Crippen LogP contribution in [0.1, 0.15) is 41.5 Å². The van der Waals surface area contributed by atoms with E-state index in [1.54, 1.807) is 19.5 Å². The maximum atomic E-state index is 11.8. The van der Waals surface area contributed by atoms with Gasteiger partial charge >= 0.3 is 0 Å². The first-order valence-electron chi connectivity index (χ1n) is 11.6. The zero-order valence-corrected chi connectivity index (χ0v) is 19.5. The first kappa shape index (κ1) is 22.1. The molecule has 2 aromatic heterocycles. The van der Waals surface area contributed by atoms with Crippen molar-refractivity contribution in [1.29, 1.82) is 0 Å². The van der Waals surface area contributed by atoms with E-state index in [4.69, 9.17) is 9.72 Å². The summed E-state index contributed by atoms with van der Waals surface area (Å²) in [6.07, 6.45) is 8.80. The summed E-state index contributed by atoms with van der Waals surface area (Å²) in [5, 5.41) is 6.59. The van der Waals surface area contributed by atoms with Crippen molar-refractivity contribution in [1.82, 2.24) is 20.2 Å². The van der Waals surface area contributed by atoms with Gasteiger partial charge in [0.2, 0.25) is 5.88 Å². The van der Waals surface area contributed by atoms with Gasteiger partial charge in [-0.05, 0) is 86.6 Å². The Kier molecular flexibility index (Phi) is 6.27. The highest BCUT2D eigenvalue weighted by atomic mass is 16.5. The van der Waals surface area contributed by atoms with Gasteiger partial charge in [0.05, 0.1) is 12.8 Å². The molecule has 7 nitrogen and oxygen atoms in total. The van der Waals surface area contributed by atoms with Crippen LogP contribution in [0.25, 0.3) is 17.3 Å². The zero-order valence-electron chi connectivity index (χ0n) is 19.5. The molecule has 1 saturated heterocycles. The van der Waals surface area contributed by atoms with Crippen LogP contribution in [0.4, 0.5) is 11.5 Å². The summed E-state index contributed by atoms with van der Waals surface area (Å²) in [5.41, 5.74) is 5.75. The number of hydrogen-bond donors (Lipinski definition) is 2. The molecular formula is C27H29N5O2. The van der Waals surface area contributed by atoms with Crippen molar-refractivity contribution in [2.45, 2.75) is 24.8 Å². The van der Waals surface area contributed by atoms with Crippen LogP contribution in [-0.2, 0) is 4.79 Å². The van der Waals surface area contributed by atoms with Crippen LogP contribution in [0.15, 0.2) is 54.9 Å². The van der Waals surface area contributed by atoms with Crippen molar-refractivity contribution < 1.29 is 9.53 Å². The van der Waals surface area contributed by atoms with Crippen LogP contribution in [-0.4, -0.2) is 48.4 Å². The Labute approximate surface area is 199 Å². The van der Waals surface area contributed by atoms with Crippen LogP contribution in [0, 0.1) is 0 Å². The fourth-order valence-corrected chi connectivity index (χ4v) is 4.68. The van der Waals surface area contributed by atoms with E-state index in [1.165, 1.54) is 18.4 Å². The smallest absolute Gasteiger partial charge is 0.212 e. The van der Waals surface area contributed by atoms with Crippen molar-refractivity contribution in [3.63, 3.8) is 0 Å². The minimum Gasteiger partial charge on any atom is -0.481 e. The van der Waals surface area contributed by atoms with Gasteiger partial charge in [-0.2, -0.15) is 0 Å². The number of aromatic nitrogens is 2. The summed E-state index contributed by atoms with van der Waals surface area (Å²) in [5.74, 6) is 1.81. The highest BCUT2D eigenvalue weighted by Gasteiger charge is 2.23. The molecule has 0 spiro atoms. The fraction of sp³-hybridized carbons (Fsp3) is 0.296. The van der Waals surface area contributed by atoms with E-state index in [9.17, 15) is 4.79 Å². The van der Waals surface area contributed by atoms with Gasteiger partial charge in [-0.25, -0.2) is 9.97 Å². The molecule has 4 heterocycles. The molecule has 7 heteroatoms. The average Bonchev–Trinajstić information content (AvgIpc) is 2.89. The Bertz CT molecular complexity index is 1180.